The zero-order chi connectivity index (χ0) is 19.7. The molecule has 0 aliphatic heterocycles. The standard InChI is InChI=1S/C16H13ClF3NO4S/c1-9-3-4-10(15(22)25-2)7-14(9)26(23,24)21-11-5-6-13(17)12(8-11)16(18,19)20/h3-8,21H,1-2H3. The average molecular weight is 408 g/mol. The molecule has 0 spiro atoms. The molecule has 2 rings (SSSR count). The lowest BCUT2D eigenvalue weighted by Gasteiger charge is -2.14. The highest BCUT2D eigenvalue weighted by Gasteiger charge is 2.33. The van der Waals surface area contributed by atoms with Gasteiger partial charge in [0, 0.05) is 5.69 Å². The molecule has 0 heterocycles. The molecule has 0 aliphatic carbocycles. The molecule has 2 aromatic rings. The molecule has 0 fully saturated rings. The molecule has 0 atom stereocenters. The number of hydrogen-bond donors (Lipinski definition) is 1. The normalized spacial score (nSPS) is 11.9. The minimum Gasteiger partial charge on any atom is -0.465 e. The molecule has 0 bridgehead atoms. The Morgan fingerprint density at radius 2 is 1.81 bits per heavy atom. The van der Waals surface area contributed by atoms with Gasteiger partial charge >= 0.3 is 12.1 Å². The fourth-order valence-corrected chi connectivity index (χ4v) is 3.70. The van der Waals surface area contributed by atoms with Crippen molar-refractivity contribution in [2.45, 2.75) is 18.0 Å². The van der Waals surface area contributed by atoms with Crippen molar-refractivity contribution in [3.63, 3.8) is 0 Å². The summed E-state index contributed by atoms with van der Waals surface area (Å²) in [5.41, 5.74) is -1.19. The molecule has 0 saturated heterocycles. The molecule has 0 amide bonds. The van der Waals surface area contributed by atoms with Crippen molar-refractivity contribution in [2.24, 2.45) is 0 Å². The fraction of sp³-hybridized carbons (Fsp3) is 0.188. The van der Waals surface area contributed by atoms with E-state index in [1.807, 2.05) is 0 Å². The Morgan fingerprint density at radius 3 is 2.38 bits per heavy atom. The van der Waals surface area contributed by atoms with Gasteiger partial charge in [0.25, 0.3) is 10.0 Å². The number of esters is 1. The molecule has 0 radical (unpaired) electrons. The van der Waals surface area contributed by atoms with Crippen molar-refractivity contribution in [1.29, 1.82) is 0 Å². The van der Waals surface area contributed by atoms with Crippen molar-refractivity contribution in [1.82, 2.24) is 0 Å². The Kier molecular flexibility index (Phi) is 5.52. The number of halogens is 4. The van der Waals surface area contributed by atoms with Crippen LogP contribution in [0.1, 0.15) is 21.5 Å². The molecule has 0 unspecified atom stereocenters. The van der Waals surface area contributed by atoms with Crippen LogP contribution in [0.5, 0.6) is 0 Å². The van der Waals surface area contributed by atoms with E-state index < -0.39 is 32.8 Å². The van der Waals surface area contributed by atoms with E-state index in [9.17, 15) is 26.4 Å². The van der Waals surface area contributed by atoms with E-state index in [4.69, 9.17) is 11.6 Å². The summed E-state index contributed by atoms with van der Waals surface area (Å²) in [6.07, 6.45) is -4.74. The number of methoxy groups -OCH3 is 1. The first kappa shape index (κ1) is 20.1. The van der Waals surface area contributed by atoms with E-state index in [0.717, 1.165) is 25.3 Å². The minimum atomic E-state index is -4.74. The summed E-state index contributed by atoms with van der Waals surface area (Å²) < 4.78 is 70.5. The van der Waals surface area contributed by atoms with Gasteiger partial charge in [0.15, 0.2) is 0 Å². The van der Waals surface area contributed by atoms with Gasteiger partial charge in [-0.2, -0.15) is 13.2 Å². The molecule has 1 N–H and O–H groups in total. The van der Waals surface area contributed by atoms with Crippen LogP contribution in [0.3, 0.4) is 0 Å². The van der Waals surface area contributed by atoms with Gasteiger partial charge in [0.1, 0.15) is 0 Å². The van der Waals surface area contributed by atoms with Crippen LogP contribution in [0.2, 0.25) is 5.02 Å². The highest BCUT2D eigenvalue weighted by Crippen LogP contribution is 2.36. The molecular weight excluding hydrogens is 395 g/mol. The van der Waals surface area contributed by atoms with Gasteiger partial charge in [-0.1, -0.05) is 17.7 Å². The second-order valence-corrected chi connectivity index (χ2v) is 7.33. The summed E-state index contributed by atoms with van der Waals surface area (Å²) in [5, 5.41) is -0.552. The van der Waals surface area contributed by atoms with E-state index in [2.05, 4.69) is 9.46 Å². The summed E-state index contributed by atoms with van der Waals surface area (Å²) in [5.74, 6) is -0.743. The summed E-state index contributed by atoms with van der Waals surface area (Å²) in [7, 11) is -3.11. The van der Waals surface area contributed by atoms with Crippen LogP contribution in [0.4, 0.5) is 18.9 Å². The Bertz CT molecular complexity index is 958. The van der Waals surface area contributed by atoms with Crippen LogP contribution >= 0.6 is 11.6 Å². The third-order valence-corrected chi connectivity index (χ3v) is 5.28. The van der Waals surface area contributed by atoms with Crippen LogP contribution in [0.15, 0.2) is 41.3 Å². The highest BCUT2D eigenvalue weighted by molar-refractivity contribution is 7.92. The minimum absolute atomic E-state index is 0.00874. The zero-order valence-corrected chi connectivity index (χ0v) is 15.1. The van der Waals surface area contributed by atoms with Crippen LogP contribution in [0.25, 0.3) is 0 Å². The van der Waals surface area contributed by atoms with Crippen LogP contribution < -0.4 is 4.72 Å². The monoisotopic (exact) mass is 407 g/mol. The van der Waals surface area contributed by atoms with Gasteiger partial charge in [-0.3, -0.25) is 4.72 Å². The Morgan fingerprint density at radius 1 is 1.15 bits per heavy atom. The maximum Gasteiger partial charge on any atom is 0.417 e. The lowest BCUT2D eigenvalue weighted by atomic mass is 10.1. The second kappa shape index (κ2) is 7.16. The lowest BCUT2D eigenvalue weighted by molar-refractivity contribution is -0.137. The van der Waals surface area contributed by atoms with Gasteiger partial charge in [0.05, 0.1) is 28.2 Å². The molecule has 2 aromatic carbocycles. The fourth-order valence-electron chi connectivity index (χ4n) is 2.15. The average Bonchev–Trinajstić information content (AvgIpc) is 2.55. The third-order valence-electron chi connectivity index (χ3n) is 3.42. The maximum atomic E-state index is 12.9. The molecule has 10 heteroatoms. The second-order valence-electron chi connectivity index (χ2n) is 5.27. The number of alkyl halides is 3. The van der Waals surface area contributed by atoms with E-state index in [-0.39, 0.29) is 16.1 Å². The number of benzene rings is 2. The Hall–Kier alpha value is -2.26. The molecule has 0 saturated carbocycles. The number of rotatable bonds is 4. The van der Waals surface area contributed by atoms with Crippen LogP contribution in [-0.4, -0.2) is 21.5 Å². The number of nitrogens with one attached hydrogen (secondary N) is 1. The van der Waals surface area contributed by atoms with Gasteiger partial charge < -0.3 is 4.74 Å². The maximum absolute atomic E-state index is 12.9. The van der Waals surface area contributed by atoms with Gasteiger partial charge in [0.2, 0.25) is 0 Å². The zero-order valence-electron chi connectivity index (χ0n) is 13.5. The van der Waals surface area contributed by atoms with Crippen molar-refractivity contribution < 1.29 is 31.1 Å². The summed E-state index contributed by atoms with van der Waals surface area (Å²) in [6, 6.07) is 6.51. The number of hydrogen-bond acceptors (Lipinski definition) is 4. The Balaban J connectivity index is 2.46. The first-order valence-electron chi connectivity index (χ1n) is 7.04. The smallest absolute Gasteiger partial charge is 0.417 e. The molecule has 26 heavy (non-hydrogen) atoms. The summed E-state index contributed by atoms with van der Waals surface area (Å²) in [4.78, 5) is 11.3. The molecule has 0 aromatic heterocycles. The predicted octanol–water partition coefficient (Wildman–Crippen LogP) is 4.25. The number of carbonyl (C=O) groups is 1. The SMILES string of the molecule is COC(=O)c1ccc(C)c(S(=O)(=O)Nc2ccc(Cl)c(C(F)(F)F)c2)c1. The van der Waals surface area contributed by atoms with Crippen molar-refractivity contribution in [2.75, 3.05) is 11.8 Å². The molecule has 5 nitrogen and oxygen atoms in total. The van der Waals surface area contributed by atoms with Gasteiger partial charge in [-0.25, -0.2) is 13.2 Å². The number of anilines is 1. The van der Waals surface area contributed by atoms with E-state index in [1.165, 1.54) is 19.1 Å². The van der Waals surface area contributed by atoms with Gasteiger partial charge in [-0.05, 0) is 42.8 Å². The van der Waals surface area contributed by atoms with Crippen LogP contribution in [0, 0.1) is 6.92 Å². The summed E-state index contributed by atoms with van der Waals surface area (Å²) in [6.45, 7) is 1.48. The Labute approximate surface area is 152 Å². The third kappa shape index (κ3) is 4.28. The largest absolute Gasteiger partial charge is 0.465 e. The lowest BCUT2D eigenvalue weighted by Crippen LogP contribution is -2.16. The summed E-state index contributed by atoms with van der Waals surface area (Å²) >= 11 is 5.52. The van der Waals surface area contributed by atoms with E-state index >= 15 is 0 Å². The first-order valence-corrected chi connectivity index (χ1v) is 8.90. The van der Waals surface area contributed by atoms with Crippen LogP contribution in [-0.2, 0) is 20.9 Å². The first-order chi connectivity index (χ1) is 12.0. The number of aryl methyl sites for hydroxylation is 1. The highest BCUT2D eigenvalue weighted by atomic mass is 35.5. The van der Waals surface area contributed by atoms with Crippen molar-refractivity contribution in [3.8, 4) is 0 Å². The number of ether oxygens (including phenoxy) is 1. The molecule has 0 aliphatic rings. The molecular formula is C16H13ClF3NO4S. The topological polar surface area (TPSA) is 72.5 Å². The predicted molar refractivity (Wildman–Crippen MR) is 89.8 cm³/mol. The van der Waals surface area contributed by atoms with E-state index in [1.54, 1.807) is 0 Å². The number of sulfonamides is 1. The molecule has 140 valence electrons. The number of carbonyl (C=O) groups excluding carboxylic acids is 1. The van der Waals surface area contributed by atoms with E-state index in [0.29, 0.717) is 11.6 Å². The quantitative estimate of drug-likeness (QED) is 0.769. The van der Waals surface area contributed by atoms with Gasteiger partial charge in [-0.15, -0.1) is 0 Å². The van der Waals surface area contributed by atoms with Crippen molar-refractivity contribution in [3.05, 3.63) is 58.1 Å². The van der Waals surface area contributed by atoms with Crippen molar-refractivity contribution >= 4 is 33.3 Å².